The normalized spacial score (nSPS) is 11.0. The van der Waals surface area contributed by atoms with Crippen molar-refractivity contribution in [2.45, 2.75) is 26.7 Å². The number of benzene rings is 2. The average Bonchev–Trinajstić information content (AvgIpc) is 2.28. The SMILES string of the molecule is Cc1ccc(C(C)C)c2cc(C=O)ccc12. The largest absolute Gasteiger partial charge is 0.298 e. The van der Waals surface area contributed by atoms with E-state index in [0.29, 0.717) is 5.92 Å². The predicted octanol–water partition coefficient (Wildman–Crippen LogP) is 4.08. The third-order valence-corrected chi connectivity index (χ3v) is 3.05. The van der Waals surface area contributed by atoms with Gasteiger partial charge in [-0.3, -0.25) is 4.79 Å². The van der Waals surface area contributed by atoms with E-state index in [1.165, 1.54) is 21.9 Å². The van der Waals surface area contributed by atoms with Crippen molar-refractivity contribution >= 4 is 17.1 Å². The smallest absolute Gasteiger partial charge is 0.150 e. The second-order valence-electron chi connectivity index (χ2n) is 4.55. The molecule has 0 unspecified atom stereocenters. The monoisotopic (exact) mass is 212 g/mol. The zero-order valence-corrected chi connectivity index (χ0v) is 9.95. The topological polar surface area (TPSA) is 17.1 Å². The molecule has 0 bridgehead atoms. The van der Waals surface area contributed by atoms with E-state index in [0.717, 1.165) is 11.8 Å². The summed E-state index contributed by atoms with van der Waals surface area (Å²) >= 11 is 0. The number of rotatable bonds is 2. The Labute approximate surface area is 96.1 Å². The van der Waals surface area contributed by atoms with Crippen molar-refractivity contribution < 1.29 is 4.79 Å². The summed E-state index contributed by atoms with van der Waals surface area (Å²) in [5.74, 6) is 0.477. The quantitative estimate of drug-likeness (QED) is 0.685. The van der Waals surface area contributed by atoms with Crippen LogP contribution in [-0.4, -0.2) is 6.29 Å². The lowest BCUT2D eigenvalue weighted by Gasteiger charge is -2.12. The summed E-state index contributed by atoms with van der Waals surface area (Å²) in [7, 11) is 0. The van der Waals surface area contributed by atoms with Gasteiger partial charge in [0.25, 0.3) is 0 Å². The molecule has 16 heavy (non-hydrogen) atoms. The summed E-state index contributed by atoms with van der Waals surface area (Å²) in [6.45, 7) is 6.46. The highest BCUT2D eigenvalue weighted by Gasteiger charge is 2.07. The second kappa shape index (κ2) is 4.09. The fourth-order valence-corrected chi connectivity index (χ4v) is 2.12. The van der Waals surface area contributed by atoms with Gasteiger partial charge in [-0.25, -0.2) is 0 Å². The van der Waals surface area contributed by atoms with Crippen molar-refractivity contribution in [2.75, 3.05) is 0 Å². The van der Waals surface area contributed by atoms with E-state index in [1.807, 2.05) is 18.2 Å². The van der Waals surface area contributed by atoms with Crippen molar-refractivity contribution in [2.24, 2.45) is 0 Å². The Bertz CT molecular complexity index is 538. The van der Waals surface area contributed by atoms with E-state index in [1.54, 1.807) is 0 Å². The molecule has 1 heteroatoms. The van der Waals surface area contributed by atoms with Crippen LogP contribution in [0.4, 0.5) is 0 Å². The van der Waals surface area contributed by atoms with E-state index in [4.69, 9.17) is 0 Å². The van der Waals surface area contributed by atoms with Crippen LogP contribution in [-0.2, 0) is 0 Å². The highest BCUT2D eigenvalue weighted by atomic mass is 16.1. The minimum atomic E-state index is 0.477. The molecule has 82 valence electrons. The number of aryl methyl sites for hydroxylation is 1. The molecule has 0 saturated carbocycles. The molecule has 0 aliphatic rings. The maximum Gasteiger partial charge on any atom is 0.150 e. The van der Waals surface area contributed by atoms with Gasteiger partial charge in [0.2, 0.25) is 0 Å². The van der Waals surface area contributed by atoms with Crippen molar-refractivity contribution in [1.82, 2.24) is 0 Å². The number of hydrogen-bond donors (Lipinski definition) is 0. The zero-order chi connectivity index (χ0) is 11.7. The molecule has 1 nitrogen and oxygen atoms in total. The van der Waals surface area contributed by atoms with Crippen molar-refractivity contribution in [1.29, 1.82) is 0 Å². The zero-order valence-electron chi connectivity index (χ0n) is 9.95. The molecule has 0 fully saturated rings. The number of carbonyl (C=O) groups excluding carboxylic acids is 1. The Morgan fingerprint density at radius 1 is 1.06 bits per heavy atom. The van der Waals surface area contributed by atoms with Crippen molar-refractivity contribution in [3.8, 4) is 0 Å². The molecule has 2 aromatic carbocycles. The third kappa shape index (κ3) is 1.73. The fourth-order valence-electron chi connectivity index (χ4n) is 2.12. The van der Waals surface area contributed by atoms with Gasteiger partial charge in [0.05, 0.1) is 0 Å². The minimum absolute atomic E-state index is 0.477. The van der Waals surface area contributed by atoms with Crippen LogP contribution in [0, 0.1) is 6.92 Å². The molecular weight excluding hydrogens is 196 g/mol. The summed E-state index contributed by atoms with van der Waals surface area (Å²) in [4.78, 5) is 10.8. The maximum atomic E-state index is 10.8. The summed E-state index contributed by atoms with van der Waals surface area (Å²) in [5.41, 5.74) is 3.32. The Morgan fingerprint density at radius 2 is 1.81 bits per heavy atom. The molecule has 0 N–H and O–H groups in total. The van der Waals surface area contributed by atoms with Crippen molar-refractivity contribution in [3.05, 3.63) is 47.0 Å². The van der Waals surface area contributed by atoms with Crippen LogP contribution in [0.15, 0.2) is 30.3 Å². The standard InChI is InChI=1S/C15H16O/c1-10(2)13-6-4-11(3)14-7-5-12(9-16)8-15(13)14/h4-10H,1-3H3. The molecule has 0 amide bonds. The number of fused-ring (bicyclic) bond motifs is 1. The molecule has 0 aromatic heterocycles. The van der Waals surface area contributed by atoms with E-state index in [2.05, 4.69) is 32.9 Å². The molecular formula is C15H16O. The van der Waals surface area contributed by atoms with Crippen LogP contribution in [0.2, 0.25) is 0 Å². The highest BCUT2D eigenvalue weighted by molar-refractivity contribution is 5.93. The van der Waals surface area contributed by atoms with Crippen LogP contribution in [0.25, 0.3) is 10.8 Å². The van der Waals surface area contributed by atoms with Gasteiger partial charge in [0, 0.05) is 5.56 Å². The fraction of sp³-hybridized carbons (Fsp3) is 0.267. The van der Waals surface area contributed by atoms with Crippen LogP contribution in [0.5, 0.6) is 0 Å². The van der Waals surface area contributed by atoms with Gasteiger partial charge in [0.15, 0.2) is 0 Å². The lowest BCUT2D eigenvalue weighted by atomic mass is 9.93. The van der Waals surface area contributed by atoms with Gasteiger partial charge in [-0.05, 0) is 40.8 Å². The minimum Gasteiger partial charge on any atom is -0.298 e. The molecule has 0 aliphatic carbocycles. The molecule has 0 saturated heterocycles. The Morgan fingerprint density at radius 3 is 2.44 bits per heavy atom. The summed E-state index contributed by atoms with van der Waals surface area (Å²) < 4.78 is 0. The van der Waals surface area contributed by atoms with Crippen LogP contribution in [0.3, 0.4) is 0 Å². The van der Waals surface area contributed by atoms with E-state index < -0.39 is 0 Å². The van der Waals surface area contributed by atoms with Gasteiger partial charge < -0.3 is 0 Å². The highest BCUT2D eigenvalue weighted by Crippen LogP contribution is 2.28. The van der Waals surface area contributed by atoms with Gasteiger partial charge in [-0.15, -0.1) is 0 Å². The lowest BCUT2D eigenvalue weighted by molar-refractivity contribution is 0.112. The van der Waals surface area contributed by atoms with Crippen LogP contribution in [0.1, 0.15) is 41.3 Å². The lowest BCUT2D eigenvalue weighted by Crippen LogP contribution is -1.92. The summed E-state index contributed by atoms with van der Waals surface area (Å²) in [6, 6.07) is 10.2. The van der Waals surface area contributed by atoms with Crippen LogP contribution >= 0.6 is 0 Å². The Hall–Kier alpha value is -1.63. The molecule has 0 spiro atoms. The molecule has 0 atom stereocenters. The third-order valence-electron chi connectivity index (χ3n) is 3.05. The van der Waals surface area contributed by atoms with Gasteiger partial charge in [-0.1, -0.05) is 38.1 Å². The molecule has 2 aromatic rings. The number of aldehydes is 1. The Balaban J connectivity index is 2.82. The van der Waals surface area contributed by atoms with E-state index >= 15 is 0 Å². The summed E-state index contributed by atoms with van der Waals surface area (Å²) in [5, 5.41) is 2.46. The second-order valence-corrected chi connectivity index (χ2v) is 4.55. The molecule has 0 radical (unpaired) electrons. The summed E-state index contributed by atoms with van der Waals surface area (Å²) in [6.07, 6.45) is 0.909. The first-order valence-corrected chi connectivity index (χ1v) is 5.62. The average molecular weight is 212 g/mol. The molecule has 2 rings (SSSR count). The van der Waals surface area contributed by atoms with Gasteiger partial charge in [-0.2, -0.15) is 0 Å². The van der Waals surface area contributed by atoms with E-state index in [-0.39, 0.29) is 0 Å². The van der Waals surface area contributed by atoms with E-state index in [9.17, 15) is 4.79 Å². The Kier molecular flexibility index (Phi) is 2.78. The van der Waals surface area contributed by atoms with Crippen LogP contribution < -0.4 is 0 Å². The number of carbonyl (C=O) groups is 1. The molecule has 0 heterocycles. The maximum absolute atomic E-state index is 10.8. The first kappa shape index (κ1) is 10.9. The van der Waals surface area contributed by atoms with Gasteiger partial charge in [0.1, 0.15) is 6.29 Å². The predicted molar refractivity (Wildman–Crippen MR) is 68.2 cm³/mol. The number of hydrogen-bond acceptors (Lipinski definition) is 1. The first-order valence-electron chi connectivity index (χ1n) is 5.62. The first-order chi connectivity index (χ1) is 7.63. The van der Waals surface area contributed by atoms with Gasteiger partial charge >= 0.3 is 0 Å². The van der Waals surface area contributed by atoms with Crippen molar-refractivity contribution in [3.63, 3.8) is 0 Å². The molecule has 0 aliphatic heterocycles.